The third kappa shape index (κ3) is 7.44. The van der Waals surface area contributed by atoms with Gasteiger partial charge in [0.1, 0.15) is 11.4 Å². The topological polar surface area (TPSA) is 135 Å². The molecule has 2 heterocycles. The zero-order valence-corrected chi connectivity index (χ0v) is 28.3. The summed E-state index contributed by atoms with van der Waals surface area (Å²) in [6, 6.07) is 3.26. The van der Waals surface area contributed by atoms with Gasteiger partial charge in [0.25, 0.3) is 11.8 Å². The van der Waals surface area contributed by atoms with Gasteiger partial charge in [0.2, 0.25) is 11.8 Å². The Kier molecular flexibility index (Phi) is 10.2. The zero-order valence-electron chi connectivity index (χ0n) is 28.3. The highest BCUT2D eigenvalue weighted by Gasteiger charge is 2.55. The highest BCUT2D eigenvalue weighted by atomic mass is 16.2. The van der Waals surface area contributed by atoms with Crippen molar-refractivity contribution in [3.05, 3.63) is 58.7 Å². The van der Waals surface area contributed by atoms with Crippen molar-refractivity contribution >= 4 is 40.8 Å². The molecule has 1 fully saturated rings. The van der Waals surface area contributed by atoms with E-state index in [4.69, 9.17) is 0 Å². The second-order valence-corrected chi connectivity index (χ2v) is 13.5. The highest BCUT2D eigenvalue weighted by Crippen LogP contribution is 2.58. The molecule has 1 saturated carbocycles. The van der Waals surface area contributed by atoms with Crippen molar-refractivity contribution in [3.63, 3.8) is 0 Å². The Labute approximate surface area is 276 Å². The summed E-state index contributed by atoms with van der Waals surface area (Å²) in [7, 11) is 5.31. The molecule has 1 spiro atoms. The molecule has 2 aromatic heterocycles. The van der Waals surface area contributed by atoms with Crippen LogP contribution in [0.2, 0.25) is 0 Å². The number of carbonyl (C=O) groups is 5. The van der Waals surface area contributed by atoms with Crippen molar-refractivity contribution in [2.75, 3.05) is 30.8 Å². The summed E-state index contributed by atoms with van der Waals surface area (Å²) in [5, 5.41) is 8.59. The maximum atomic E-state index is 13.2. The van der Waals surface area contributed by atoms with E-state index in [1.807, 2.05) is 14.0 Å². The second kappa shape index (κ2) is 14.1. The maximum Gasteiger partial charge on any atom is 0.272 e. The summed E-state index contributed by atoms with van der Waals surface area (Å²) in [4.78, 5) is 66.0. The molecule has 47 heavy (non-hydrogen) atoms. The SMILES string of the molecule is CCCCNC(=O)c1cc(NC(=O)c2cc(NC(=O)CCCCCN(C)C(=O)C3CC4=C(C3)C(=O)C3(CC3)C(C)=C4)cn2C)cn1C. The van der Waals surface area contributed by atoms with E-state index in [0.717, 1.165) is 55.2 Å². The van der Waals surface area contributed by atoms with Crippen LogP contribution < -0.4 is 16.0 Å². The van der Waals surface area contributed by atoms with Gasteiger partial charge in [0.05, 0.1) is 16.8 Å². The summed E-state index contributed by atoms with van der Waals surface area (Å²) >= 11 is 0. The molecule has 1 atom stereocenters. The molecule has 3 aliphatic carbocycles. The minimum absolute atomic E-state index is 0.0883. The fourth-order valence-electron chi connectivity index (χ4n) is 6.85. The number of carbonyl (C=O) groups excluding carboxylic acids is 5. The van der Waals surface area contributed by atoms with Crippen molar-refractivity contribution in [3.8, 4) is 0 Å². The predicted octanol–water partition coefficient (Wildman–Crippen LogP) is 5.12. The molecule has 5 rings (SSSR count). The molecule has 0 bridgehead atoms. The van der Waals surface area contributed by atoms with Gasteiger partial charge >= 0.3 is 0 Å². The molecule has 3 N–H and O–H groups in total. The molecule has 11 nitrogen and oxygen atoms in total. The van der Waals surface area contributed by atoms with Gasteiger partial charge in [-0.25, -0.2) is 0 Å². The third-order valence-corrected chi connectivity index (χ3v) is 9.86. The number of nitrogens with one attached hydrogen (secondary N) is 3. The standard InChI is InChI=1S/C36H48N6O5/c1-6-7-14-37-33(45)29-20-27(22-41(29)4)39-34(46)30-19-26(21-42(30)5)38-31(43)11-9-8-10-15-40(3)35(47)25-17-24-16-23(2)36(12-13-36)32(44)28(24)18-25/h16,19-22,25H,6-15,17-18H2,1-5H3,(H,37,45)(H,38,43)(H,39,46). The van der Waals surface area contributed by atoms with Gasteiger partial charge in [-0.15, -0.1) is 0 Å². The van der Waals surface area contributed by atoms with Crippen molar-refractivity contribution in [1.29, 1.82) is 0 Å². The first-order valence-electron chi connectivity index (χ1n) is 16.9. The fraction of sp³-hybridized carbons (Fsp3) is 0.528. The van der Waals surface area contributed by atoms with E-state index in [1.165, 1.54) is 0 Å². The molecule has 252 valence electrons. The summed E-state index contributed by atoms with van der Waals surface area (Å²) in [6.07, 6.45) is 13.1. The first-order valence-corrected chi connectivity index (χ1v) is 16.9. The number of amides is 4. The molecular formula is C36H48N6O5. The lowest BCUT2D eigenvalue weighted by atomic mass is 9.81. The van der Waals surface area contributed by atoms with Crippen LogP contribution >= 0.6 is 0 Å². The fourth-order valence-corrected chi connectivity index (χ4v) is 6.85. The van der Waals surface area contributed by atoms with Crippen molar-refractivity contribution in [2.45, 2.75) is 78.1 Å². The van der Waals surface area contributed by atoms with Crippen molar-refractivity contribution in [2.24, 2.45) is 25.4 Å². The number of unbranched alkanes of at least 4 members (excludes halogenated alkanes) is 3. The third-order valence-electron chi connectivity index (χ3n) is 9.86. The molecular weight excluding hydrogens is 596 g/mol. The average molecular weight is 645 g/mol. The molecule has 0 saturated heterocycles. The molecule has 0 aliphatic heterocycles. The Morgan fingerprint density at radius 1 is 0.915 bits per heavy atom. The van der Waals surface area contributed by atoms with Crippen molar-refractivity contribution in [1.82, 2.24) is 19.4 Å². The number of hydrogen-bond donors (Lipinski definition) is 3. The molecule has 11 heteroatoms. The number of rotatable bonds is 14. The monoisotopic (exact) mass is 644 g/mol. The van der Waals surface area contributed by atoms with Crippen LogP contribution in [-0.2, 0) is 28.5 Å². The summed E-state index contributed by atoms with van der Waals surface area (Å²) in [5.74, 6) is -0.507. The van der Waals surface area contributed by atoms with E-state index in [2.05, 4.69) is 29.0 Å². The maximum absolute atomic E-state index is 13.2. The van der Waals surface area contributed by atoms with E-state index in [0.29, 0.717) is 61.5 Å². The lowest BCUT2D eigenvalue weighted by Crippen LogP contribution is -2.33. The zero-order chi connectivity index (χ0) is 33.9. The van der Waals surface area contributed by atoms with E-state index in [1.54, 1.807) is 52.7 Å². The normalized spacial score (nSPS) is 17.8. The highest BCUT2D eigenvalue weighted by molar-refractivity contribution is 6.07. The van der Waals surface area contributed by atoms with Crippen LogP contribution in [0.25, 0.3) is 0 Å². The number of aromatic nitrogens is 2. The number of ketones is 1. The molecule has 2 aromatic rings. The molecule has 3 aliphatic rings. The lowest BCUT2D eigenvalue weighted by molar-refractivity contribution is -0.134. The van der Waals surface area contributed by atoms with Crippen LogP contribution in [0, 0.1) is 11.3 Å². The van der Waals surface area contributed by atoms with Crippen LogP contribution in [0.3, 0.4) is 0 Å². The number of allylic oxidation sites excluding steroid dienone is 4. The van der Waals surface area contributed by atoms with Crippen LogP contribution in [0.1, 0.15) is 99.0 Å². The number of anilines is 2. The van der Waals surface area contributed by atoms with Crippen LogP contribution in [0.5, 0.6) is 0 Å². The van der Waals surface area contributed by atoms with Crippen molar-refractivity contribution < 1.29 is 24.0 Å². The van der Waals surface area contributed by atoms with Gasteiger partial charge < -0.3 is 30.0 Å². The van der Waals surface area contributed by atoms with Crippen LogP contribution in [0.15, 0.2) is 47.3 Å². The Hall–Kier alpha value is -4.41. The molecule has 0 radical (unpaired) electrons. The van der Waals surface area contributed by atoms with Crippen LogP contribution in [0.4, 0.5) is 11.4 Å². The van der Waals surface area contributed by atoms with E-state index in [9.17, 15) is 24.0 Å². The van der Waals surface area contributed by atoms with Gasteiger partial charge in [0, 0.05) is 64.5 Å². The smallest absolute Gasteiger partial charge is 0.272 e. The Bertz CT molecular complexity index is 1640. The van der Waals surface area contributed by atoms with E-state index in [-0.39, 0.29) is 40.7 Å². The van der Waals surface area contributed by atoms with E-state index < -0.39 is 0 Å². The number of nitrogens with zero attached hydrogens (tertiary/aromatic N) is 3. The van der Waals surface area contributed by atoms with E-state index >= 15 is 0 Å². The van der Waals surface area contributed by atoms with Gasteiger partial charge in [-0.2, -0.15) is 0 Å². The van der Waals surface area contributed by atoms with Gasteiger partial charge in [-0.05, 0) is 69.6 Å². The van der Waals surface area contributed by atoms with Gasteiger partial charge in [0.15, 0.2) is 5.78 Å². The molecule has 0 aromatic carbocycles. The second-order valence-electron chi connectivity index (χ2n) is 13.5. The molecule has 1 unspecified atom stereocenters. The largest absolute Gasteiger partial charge is 0.351 e. The number of aryl methyl sites for hydroxylation is 2. The number of hydrogen-bond acceptors (Lipinski definition) is 5. The Morgan fingerprint density at radius 3 is 2.23 bits per heavy atom. The van der Waals surface area contributed by atoms with Crippen LogP contribution in [-0.4, -0.2) is 63.6 Å². The summed E-state index contributed by atoms with van der Waals surface area (Å²) < 4.78 is 3.32. The first-order chi connectivity index (χ1) is 22.4. The van der Waals surface area contributed by atoms with Gasteiger partial charge in [-0.1, -0.05) is 31.4 Å². The quantitative estimate of drug-likeness (QED) is 0.246. The minimum Gasteiger partial charge on any atom is -0.351 e. The average Bonchev–Trinajstić information content (AvgIpc) is 3.39. The first kappa shape index (κ1) is 33.9. The summed E-state index contributed by atoms with van der Waals surface area (Å²) in [6.45, 7) is 5.31. The predicted molar refractivity (Wildman–Crippen MR) is 181 cm³/mol. The number of Topliss-reactive ketones (excluding diaryl/α,β-unsaturated/α-hetero) is 1. The lowest BCUT2D eigenvalue weighted by Gasteiger charge is -2.22. The molecule has 4 amide bonds. The summed E-state index contributed by atoms with van der Waals surface area (Å²) in [5.41, 5.74) is 4.70. The Morgan fingerprint density at radius 2 is 1.57 bits per heavy atom. The van der Waals surface area contributed by atoms with Gasteiger partial charge in [-0.3, -0.25) is 24.0 Å². The minimum atomic E-state index is -0.353. The Balaban J connectivity index is 1.01.